The van der Waals surface area contributed by atoms with E-state index in [1.807, 2.05) is 13.0 Å². The second kappa shape index (κ2) is 22.9. The minimum absolute atomic E-state index is 0. The van der Waals surface area contributed by atoms with Crippen LogP contribution in [0.1, 0.15) is 68.2 Å². The van der Waals surface area contributed by atoms with Crippen LogP contribution in [0.2, 0.25) is 0 Å². The molecule has 0 aliphatic carbocycles. The summed E-state index contributed by atoms with van der Waals surface area (Å²) in [4.78, 5) is 0. The van der Waals surface area contributed by atoms with Crippen molar-refractivity contribution in [2.24, 2.45) is 0 Å². The monoisotopic (exact) mass is 200 g/mol. The largest absolute Gasteiger partial charge is 0.103 e. The van der Waals surface area contributed by atoms with Gasteiger partial charge in [-0.2, -0.15) is 0 Å². The molecular formula is C14H32. The molecule has 0 aromatic heterocycles. The normalized spacial score (nSPS) is 6.86. The minimum Gasteiger partial charge on any atom is -0.103 e. The highest BCUT2D eigenvalue weighted by Gasteiger charge is 1.77. The number of unbranched alkanes of at least 4 members (excludes halogenated alkanes) is 3. The van der Waals surface area contributed by atoms with Crippen molar-refractivity contribution in [2.75, 3.05) is 0 Å². The van der Waals surface area contributed by atoms with Crippen LogP contribution in [0, 0.1) is 0 Å². The lowest BCUT2D eigenvalue weighted by Gasteiger charge is -1.87. The van der Waals surface area contributed by atoms with Gasteiger partial charge < -0.3 is 0 Å². The third kappa shape index (κ3) is 42.0. The van der Waals surface area contributed by atoms with E-state index < -0.39 is 0 Å². The van der Waals surface area contributed by atoms with Gasteiger partial charge in [-0.1, -0.05) is 52.3 Å². The van der Waals surface area contributed by atoms with E-state index in [2.05, 4.69) is 33.4 Å². The Labute approximate surface area is 93.1 Å². The lowest BCUT2D eigenvalue weighted by atomic mass is 10.2. The summed E-state index contributed by atoms with van der Waals surface area (Å²) in [6, 6.07) is 0. The van der Waals surface area contributed by atoms with Crippen molar-refractivity contribution in [3.8, 4) is 0 Å². The Hall–Kier alpha value is -0.520. The van der Waals surface area contributed by atoms with E-state index in [4.69, 9.17) is 0 Å². The molecule has 0 bridgehead atoms. The molecule has 0 heteroatoms. The molecule has 0 N–H and O–H groups in total. The molecule has 14 heavy (non-hydrogen) atoms. The van der Waals surface area contributed by atoms with Crippen molar-refractivity contribution in [1.29, 1.82) is 0 Å². The molecule has 0 radical (unpaired) electrons. The minimum atomic E-state index is 0. The molecule has 0 unspecified atom stereocenters. The Morgan fingerprint density at radius 2 is 1.57 bits per heavy atom. The topological polar surface area (TPSA) is 0 Å². The first-order chi connectivity index (χ1) is 5.68. The van der Waals surface area contributed by atoms with Crippen LogP contribution in [-0.2, 0) is 0 Å². The maximum Gasteiger partial charge on any atom is -0.0353 e. The molecule has 0 saturated heterocycles. The van der Waals surface area contributed by atoms with Gasteiger partial charge in [0.1, 0.15) is 0 Å². The van der Waals surface area contributed by atoms with E-state index in [-0.39, 0.29) is 14.9 Å². The molecule has 0 saturated carbocycles. The van der Waals surface area contributed by atoms with Crippen LogP contribution in [0.5, 0.6) is 0 Å². The molecule has 0 aliphatic heterocycles. The second-order valence-electron chi connectivity index (χ2n) is 3.15. The Morgan fingerprint density at radius 3 is 1.79 bits per heavy atom. The van der Waals surface area contributed by atoms with E-state index in [0.29, 0.717) is 0 Å². The van der Waals surface area contributed by atoms with Crippen LogP contribution in [0.15, 0.2) is 24.3 Å². The van der Waals surface area contributed by atoms with Gasteiger partial charge >= 0.3 is 0 Å². The average Bonchev–Trinajstić information content (AvgIpc) is 2.07. The van der Waals surface area contributed by atoms with E-state index >= 15 is 0 Å². The van der Waals surface area contributed by atoms with E-state index in [0.717, 1.165) is 0 Å². The van der Waals surface area contributed by atoms with Crippen molar-refractivity contribution in [2.45, 2.75) is 68.2 Å². The fourth-order valence-electron chi connectivity index (χ4n) is 0.539. The predicted molar refractivity (Wildman–Crippen MR) is 72.9 cm³/mol. The first-order valence-corrected chi connectivity index (χ1v) is 4.89. The highest BCUT2D eigenvalue weighted by Crippen LogP contribution is 1.97. The standard InChI is InChI=1S/C7H14.C5H10.2CH4/c1-3-5-7-6-4-2;1-4-5(2)3;;/h3H,1,4-7H2,2H3;4H,1-3H3;2*1H4. The predicted octanol–water partition coefficient (Wildman–Crippen LogP) is 6.00. The Balaban J connectivity index is -0.0000000651. The van der Waals surface area contributed by atoms with Crippen molar-refractivity contribution < 1.29 is 0 Å². The maximum absolute atomic E-state index is 3.63. The van der Waals surface area contributed by atoms with E-state index in [1.54, 1.807) is 0 Å². The molecule has 0 heterocycles. The smallest absolute Gasteiger partial charge is 0.0353 e. The molecule has 0 spiro atoms. The van der Waals surface area contributed by atoms with Gasteiger partial charge in [-0.3, -0.25) is 0 Å². The summed E-state index contributed by atoms with van der Waals surface area (Å²) in [6.07, 6.45) is 9.24. The fraction of sp³-hybridized carbons (Fsp3) is 0.714. The Bertz CT molecular complexity index is 105. The lowest BCUT2D eigenvalue weighted by Crippen LogP contribution is -1.67. The number of allylic oxidation sites excluding steroid dienone is 3. The third-order valence-electron chi connectivity index (χ3n) is 1.59. The van der Waals surface area contributed by atoms with Crippen LogP contribution in [-0.4, -0.2) is 0 Å². The molecular weight excluding hydrogens is 168 g/mol. The quantitative estimate of drug-likeness (QED) is 0.386. The Morgan fingerprint density at radius 1 is 1.14 bits per heavy atom. The van der Waals surface area contributed by atoms with Gasteiger partial charge in [0.25, 0.3) is 0 Å². The zero-order chi connectivity index (χ0) is 9.82. The van der Waals surface area contributed by atoms with Gasteiger partial charge in [-0.15, -0.1) is 6.58 Å². The SMILES string of the molecule is C.C.C=CCCCCC.CC=C(C)C. The molecule has 0 aromatic carbocycles. The molecule has 0 rings (SSSR count). The average molecular weight is 200 g/mol. The van der Waals surface area contributed by atoms with Gasteiger partial charge in [-0.05, 0) is 33.6 Å². The van der Waals surface area contributed by atoms with Crippen LogP contribution in [0.25, 0.3) is 0 Å². The number of hydrogen-bond acceptors (Lipinski definition) is 0. The summed E-state index contributed by atoms with van der Waals surface area (Å²) in [5, 5.41) is 0. The third-order valence-corrected chi connectivity index (χ3v) is 1.59. The van der Waals surface area contributed by atoms with Gasteiger partial charge in [0, 0.05) is 0 Å². The van der Waals surface area contributed by atoms with Crippen molar-refractivity contribution in [1.82, 2.24) is 0 Å². The molecule has 0 amide bonds. The van der Waals surface area contributed by atoms with Gasteiger partial charge in [-0.25, -0.2) is 0 Å². The first-order valence-electron chi connectivity index (χ1n) is 4.89. The zero-order valence-electron chi connectivity index (χ0n) is 9.19. The zero-order valence-corrected chi connectivity index (χ0v) is 9.19. The first kappa shape index (κ1) is 23.4. The molecule has 0 atom stereocenters. The van der Waals surface area contributed by atoms with Crippen LogP contribution in [0.3, 0.4) is 0 Å². The molecule has 88 valence electrons. The molecule has 0 aromatic rings. The number of hydrogen-bond donors (Lipinski definition) is 0. The second-order valence-corrected chi connectivity index (χ2v) is 3.15. The summed E-state index contributed by atoms with van der Waals surface area (Å²) in [5.41, 5.74) is 1.38. The maximum atomic E-state index is 3.63. The van der Waals surface area contributed by atoms with Crippen LogP contribution >= 0.6 is 0 Å². The summed E-state index contributed by atoms with van der Waals surface area (Å²) < 4.78 is 0. The van der Waals surface area contributed by atoms with Crippen molar-refractivity contribution in [3.63, 3.8) is 0 Å². The van der Waals surface area contributed by atoms with Crippen LogP contribution < -0.4 is 0 Å². The summed E-state index contributed by atoms with van der Waals surface area (Å²) >= 11 is 0. The lowest BCUT2D eigenvalue weighted by molar-refractivity contribution is 0.730. The molecule has 0 fully saturated rings. The van der Waals surface area contributed by atoms with Gasteiger partial charge in [0.2, 0.25) is 0 Å². The van der Waals surface area contributed by atoms with Gasteiger partial charge in [0.05, 0.1) is 0 Å². The molecule has 0 aliphatic rings. The summed E-state index contributed by atoms with van der Waals surface area (Å²) in [6.45, 7) is 12.0. The Kier molecular flexibility index (Phi) is 38.2. The fourth-order valence-corrected chi connectivity index (χ4v) is 0.539. The van der Waals surface area contributed by atoms with Crippen molar-refractivity contribution >= 4 is 0 Å². The van der Waals surface area contributed by atoms with Crippen molar-refractivity contribution in [3.05, 3.63) is 24.3 Å². The summed E-state index contributed by atoms with van der Waals surface area (Å²) in [5.74, 6) is 0. The van der Waals surface area contributed by atoms with Crippen LogP contribution in [0.4, 0.5) is 0 Å². The van der Waals surface area contributed by atoms with E-state index in [1.165, 1.54) is 31.3 Å². The molecule has 0 nitrogen and oxygen atoms in total. The summed E-state index contributed by atoms with van der Waals surface area (Å²) in [7, 11) is 0. The van der Waals surface area contributed by atoms with E-state index in [9.17, 15) is 0 Å². The highest BCUT2D eigenvalue weighted by atomic mass is 13.8. The number of rotatable bonds is 4. The van der Waals surface area contributed by atoms with Gasteiger partial charge in [0.15, 0.2) is 0 Å². The highest BCUT2D eigenvalue weighted by molar-refractivity contribution is 4.88.